The number of methoxy groups -OCH3 is 1. The molecule has 0 spiro atoms. The fourth-order valence-corrected chi connectivity index (χ4v) is 5.16. The van der Waals surface area contributed by atoms with Gasteiger partial charge in [0.1, 0.15) is 23.3 Å². The molecule has 2 aromatic carbocycles. The van der Waals surface area contributed by atoms with Crippen LogP contribution in [-0.4, -0.2) is 53.8 Å². The van der Waals surface area contributed by atoms with Gasteiger partial charge in [0, 0.05) is 11.9 Å². The lowest BCUT2D eigenvalue weighted by molar-refractivity contribution is -0.138. The second-order valence-electron chi connectivity index (χ2n) is 10.8. The Hall–Kier alpha value is -4.78. The van der Waals surface area contributed by atoms with E-state index in [9.17, 15) is 24.0 Å². The number of ether oxygens (including phenoxy) is 1. The second-order valence-corrected chi connectivity index (χ2v) is 10.8. The molecule has 42 heavy (non-hydrogen) atoms. The van der Waals surface area contributed by atoms with Crippen LogP contribution in [-0.2, 0) is 9.59 Å². The summed E-state index contributed by atoms with van der Waals surface area (Å²) in [6.45, 7) is 1.60. The van der Waals surface area contributed by atoms with Crippen LogP contribution in [0.2, 0.25) is 0 Å². The summed E-state index contributed by atoms with van der Waals surface area (Å²) in [6.07, 6.45) is 6.78. The molecule has 2 aliphatic rings. The van der Waals surface area contributed by atoms with Crippen molar-refractivity contribution in [3.63, 3.8) is 0 Å². The van der Waals surface area contributed by atoms with E-state index in [1.54, 1.807) is 13.2 Å². The van der Waals surface area contributed by atoms with E-state index in [0.717, 1.165) is 11.1 Å². The molecular weight excluding hydrogens is 537 g/mol. The van der Waals surface area contributed by atoms with E-state index in [4.69, 9.17) is 4.74 Å². The van der Waals surface area contributed by atoms with Crippen molar-refractivity contribution >= 4 is 34.7 Å². The zero-order chi connectivity index (χ0) is 29.8. The number of allylic oxidation sites excluding steroid dienone is 1. The minimum Gasteiger partial charge on any atom is -0.497 e. The quantitative estimate of drug-likeness (QED) is 0.399. The zero-order valence-electron chi connectivity index (χ0n) is 23.5. The SMILES string of the molecule is COc1ccc([C@H](C)NC(=O)[C@@H]2C[C@@H](C#N)CN2C(=O)CNC(=O)c2ccc3cc(F)ccc3n2)c(/C=C/C2CC2)c1. The minimum absolute atomic E-state index is 0.0763. The van der Waals surface area contributed by atoms with Gasteiger partial charge in [-0.3, -0.25) is 14.4 Å². The number of nitrogens with one attached hydrogen (secondary N) is 2. The summed E-state index contributed by atoms with van der Waals surface area (Å²) < 4.78 is 18.8. The third-order valence-electron chi connectivity index (χ3n) is 7.68. The molecule has 2 fully saturated rings. The molecule has 5 rings (SSSR count). The van der Waals surface area contributed by atoms with Crippen molar-refractivity contribution in [3.05, 3.63) is 77.2 Å². The molecule has 2 N–H and O–H groups in total. The van der Waals surface area contributed by atoms with Gasteiger partial charge in [-0.2, -0.15) is 5.26 Å². The predicted octanol–water partition coefficient (Wildman–Crippen LogP) is 4.15. The van der Waals surface area contributed by atoms with Gasteiger partial charge in [-0.05, 0) is 79.6 Å². The fourth-order valence-electron chi connectivity index (χ4n) is 5.16. The van der Waals surface area contributed by atoms with Crippen molar-refractivity contribution in [1.82, 2.24) is 20.5 Å². The Morgan fingerprint density at radius 2 is 2.00 bits per heavy atom. The number of nitriles is 1. The van der Waals surface area contributed by atoms with Crippen LogP contribution in [0.3, 0.4) is 0 Å². The van der Waals surface area contributed by atoms with E-state index < -0.39 is 29.6 Å². The van der Waals surface area contributed by atoms with Gasteiger partial charge in [-0.15, -0.1) is 0 Å². The standard InChI is InChI=1S/C32H32FN5O4/c1-19(26-10-9-25(42-2)15-22(26)6-5-20-3-4-20)36-32(41)29-13-21(16-34)18-38(29)30(39)17-35-31(40)28-11-7-23-14-24(33)8-12-27(23)37-28/h5-12,14-15,19-21,29H,3-4,13,17-18H2,1-2H3,(H,35,40)(H,36,41)/b6-5+/t19-,21-,29-/m0/s1. The number of carbonyl (C=O) groups excluding carboxylic acids is 3. The molecule has 216 valence electrons. The first-order valence-electron chi connectivity index (χ1n) is 14.0. The van der Waals surface area contributed by atoms with Gasteiger partial charge in [0.05, 0.1) is 37.2 Å². The number of hydrogen-bond acceptors (Lipinski definition) is 6. The lowest BCUT2D eigenvalue weighted by Gasteiger charge is -2.26. The first kappa shape index (κ1) is 28.7. The molecule has 0 bridgehead atoms. The van der Waals surface area contributed by atoms with Gasteiger partial charge in [0.2, 0.25) is 11.8 Å². The van der Waals surface area contributed by atoms with Crippen molar-refractivity contribution in [2.45, 2.75) is 38.3 Å². The molecule has 1 aromatic heterocycles. The van der Waals surface area contributed by atoms with Gasteiger partial charge in [0.15, 0.2) is 0 Å². The molecule has 10 heteroatoms. The lowest BCUT2D eigenvalue weighted by atomic mass is 9.99. The fraction of sp³-hybridized carbons (Fsp3) is 0.344. The number of rotatable bonds is 9. The smallest absolute Gasteiger partial charge is 0.270 e. The van der Waals surface area contributed by atoms with Crippen LogP contribution >= 0.6 is 0 Å². The van der Waals surface area contributed by atoms with Crippen molar-refractivity contribution in [2.24, 2.45) is 11.8 Å². The Morgan fingerprint density at radius 1 is 1.19 bits per heavy atom. The molecular formula is C32H32FN5O4. The number of amides is 3. The normalized spacial score (nSPS) is 19.0. The highest BCUT2D eigenvalue weighted by molar-refractivity contribution is 5.97. The molecule has 1 aliphatic carbocycles. The average molecular weight is 570 g/mol. The van der Waals surface area contributed by atoms with Crippen molar-refractivity contribution in [2.75, 3.05) is 20.2 Å². The topological polar surface area (TPSA) is 124 Å². The maximum Gasteiger partial charge on any atom is 0.270 e. The van der Waals surface area contributed by atoms with E-state index in [2.05, 4.69) is 33.8 Å². The van der Waals surface area contributed by atoms with Crippen LogP contribution in [0.15, 0.2) is 54.6 Å². The molecule has 2 heterocycles. The summed E-state index contributed by atoms with van der Waals surface area (Å²) in [5, 5.41) is 15.7. The molecule has 1 aliphatic heterocycles. The highest BCUT2D eigenvalue weighted by Gasteiger charge is 2.40. The highest BCUT2D eigenvalue weighted by atomic mass is 19.1. The van der Waals surface area contributed by atoms with Crippen LogP contribution in [0.4, 0.5) is 4.39 Å². The van der Waals surface area contributed by atoms with Crippen LogP contribution in [0.1, 0.15) is 53.8 Å². The molecule has 3 amide bonds. The van der Waals surface area contributed by atoms with E-state index in [0.29, 0.717) is 22.6 Å². The van der Waals surface area contributed by atoms with E-state index in [1.165, 1.54) is 42.0 Å². The van der Waals surface area contributed by atoms with Crippen LogP contribution in [0, 0.1) is 29.0 Å². The van der Waals surface area contributed by atoms with Gasteiger partial charge in [-0.25, -0.2) is 9.37 Å². The first-order chi connectivity index (χ1) is 20.2. The number of likely N-dealkylation sites (tertiary alicyclic amines) is 1. The van der Waals surface area contributed by atoms with Gasteiger partial charge >= 0.3 is 0 Å². The Kier molecular flexibility index (Phi) is 8.48. The molecule has 0 unspecified atom stereocenters. The van der Waals surface area contributed by atoms with Crippen LogP contribution in [0.5, 0.6) is 5.75 Å². The second kappa shape index (κ2) is 12.4. The number of nitrogens with zero attached hydrogens (tertiary/aromatic N) is 3. The first-order valence-corrected chi connectivity index (χ1v) is 14.0. The molecule has 1 saturated heterocycles. The Bertz CT molecular complexity index is 1600. The van der Waals surface area contributed by atoms with Gasteiger partial charge in [0.25, 0.3) is 5.91 Å². The number of aromatic nitrogens is 1. The minimum atomic E-state index is -0.848. The summed E-state index contributed by atoms with van der Waals surface area (Å²) in [4.78, 5) is 44.9. The summed E-state index contributed by atoms with van der Waals surface area (Å²) in [5.74, 6) is -1.03. The Labute approximate surface area is 243 Å². The predicted molar refractivity (Wildman–Crippen MR) is 155 cm³/mol. The number of fused-ring (bicyclic) bond motifs is 1. The monoisotopic (exact) mass is 569 g/mol. The van der Waals surface area contributed by atoms with E-state index in [1.807, 2.05) is 25.1 Å². The maximum absolute atomic E-state index is 13.5. The molecule has 1 saturated carbocycles. The Morgan fingerprint density at radius 3 is 2.74 bits per heavy atom. The third kappa shape index (κ3) is 6.57. The van der Waals surface area contributed by atoms with Crippen LogP contribution in [0.25, 0.3) is 17.0 Å². The number of halogens is 1. The molecule has 0 radical (unpaired) electrons. The zero-order valence-corrected chi connectivity index (χ0v) is 23.5. The summed E-state index contributed by atoms with van der Waals surface area (Å²) in [5.41, 5.74) is 2.37. The van der Waals surface area contributed by atoms with Gasteiger partial charge in [-0.1, -0.05) is 24.3 Å². The largest absolute Gasteiger partial charge is 0.497 e. The number of hydrogen-bond donors (Lipinski definition) is 2. The third-order valence-corrected chi connectivity index (χ3v) is 7.68. The number of carbonyl (C=O) groups is 3. The average Bonchev–Trinajstić information content (AvgIpc) is 3.73. The lowest BCUT2D eigenvalue weighted by Crippen LogP contribution is -2.49. The maximum atomic E-state index is 13.5. The van der Waals surface area contributed by atoms with Crippen molar-refractivity contribution in [3.8, 4) is 11.8 Å². The number of benzene rings is 2. The van der Waals surface area contributed by atoms with E-state index in [-0.39, 0.29) is 37.2 Å². The van der Waals surface area contributed by atoms with Crippen molar-refractivity contribution in [1.29, 1.82) is 5.26 Å². The van der Waals surface area contributed by atoms with Crippen molar-refractivity contribution < 1.29 is 23.5 Å². The van der Waals surface area contributed by atoms with Crippen LogP contribution < -0.4 is 15.4 Å². The highest BCUT2D eigenvalue weighted by Crippen LogP contribution is 2.33. The summed E-state index contributed by atoms with van der Waals surface area (Å²) in [6, 6.07) is 13.7. The molecule has 9 nitrogen and oxygen atoms in total. The molecule has 3 atom stereocenters. The Balaban J connectivity index is 1.25. The number of pyridine rings is 1. The van der Waals surface area contributed by atoms with E-state index >= 15 is 0 Å². The summed E-state index contributed by atoms with van der Waals surface area (Å²) in [7, 11) is 1.61. The summed E-state index contributed by atoms with van der Waals surface area (Å²) >= 11 is 0. The van der Waals surface area contributed by atoms with Gasteiger partial charge < -0.3 is 20.3 Å². The molecule has 3 aromatic rings.